The number of anilines is 1. The van der Waals surface area contributed by atoms with E-state index in [1.807, 2.05) is 6.92 Å². The van der Waals surface area contributed by atoms with Crippen molar-refractivity contribution in [2.24, 2.45) is 0 Å². The van der Waals surface area contributed by atoms with Crippen molar-refractivity contribution in [3.8, 4) is 17.0 Å². The summed E-state index contributed by atoms with van der Waals surface area (Å²) < 4.78 is 11.1. The molecule has 1 fully saturated rings. The molecular formula is C19H23N3O4. The molecule has 0 aliphatic carbocycles. The van der Waals surface area contributed by atoms with Crippen LogP contribution in [0.25, 0.3) is 11.3 Å². The summed E-state index contributed by atoms with van der Waals surface area (Å²) in [5.74, 6) is -0.193. The Kier molecular flexibility index (Phi) is 5.37. The Balaban J connectivity index is 1.81. The summed E-state index contributed by atoms with van der Waals surface area (Å²) in [6.07, 6.45) is 3.71. The van der Waals surface area contributed by atoms with Crippen LogP contribution in [0.1, 0.15) is 37.0 Å². The lowest BCUT2D eigenvalue weighted by Gasteiger charge is -2.23. The molecule has 26 heavy (non-hydrogen) atoms. The van der Waals surface area contributed by atoms with Crippen LogP contribution in [0.2, 0.25) is 0 Å². The first-order valence-corrected chi connectivity index (χ1v) is 8.72. The molecule has 3 rings (SSSR count). The number of nitrogens with one attached hydrogen (secondary N) is 1. The minimum Gasteiger partial charge on any atom is -0.493 e. The predicted molar refractivity (Wildman–Crippen MR) is 97.7 cm³/mol. The third-order valence-corrected chi connectivity index (χ3v) is 4.38. The zero-order valence-corrected chi connectivity index (χ0v) is 15.0. The predicted octanol–water partition coefficient (Wildman–Crippen LogP) is 3.22. The van der Waals surface area contributed by atoms with Gasteiger partial charge in [-0.15, -0.1) is 0 Å². The molecule has 1 saturated heterocycles. The highest BCUT2D eigenvalue weighted by molar-refractivity contribution is 5.92. The Morgan fingerprint density at radius 3 is 2.96 bits per heavy atom. The minimum atomic E-state index is -1.03. The number of carboxylic acids is 1. The second-order valence-electron chi connectivity index (χ2n) is 6.47. The normalized spacial score (nSPS) is 19.3. The van der Waals surface area contributed by atoms with Crippen molar-refractivity contribution >= 4 is 11.9 Å². The van der Waals surface area contributed by atoms with E-state index in [4.69, 9.17) is 9.47 Å². The number of hydrogen-bond donors (Lipinski definition) is 2. The first-order chi connectivity index (χ1) is 12.5. The molecule has 0 bridgehead atoms. The summed E-state index contributed by atoms with van der Waals surface area (Å²) in [7, 11) is 0. The fourth-order valence-electron chi connectivity index (χ4n) is 2.98. The maximum absolute atomic E-state index is 11.5. The van der Waals surface area contributed by atoms with Crippen molar-refractivity contribution in [3.63, 3.8) is 0 Å². The van der Waals surface area contributed by atoms with Crippen molar-refractivity contribution in [2.75, 3.05) is 25.1 Å². The average molecular weight is 357 g/mol. The Morgan fingerprint density at radius 1 is 1.42 bits per heavy atom. The molecule has 7 heteroatoms. The zero-order chi connectivity index (χ0) is 18.6. The van der Waals surface area contributed by atoms with Gasteiger partial charge in [0.2, 0.25) is 5.95 Å². The summed E-state index contributed by atoms with van der Waals surface area (Å²) in [5, 5.41) is 12.6. The maximum atomic E-state index is 11.5. The van der Waals surface area contributed by atoms with Gasteiger partial charge in [-0.3, -0.25) is 0 Å². The number of benzene rings is 1. The van der Waals surface area contributed by atoms with Crippen LogP contribution in [0.3, 0.4) is 0 Å². The molecule has 1 aliphatic heterocycles. The van der Waals surface area contributed by atoms with E-state index in [-0.39, 0.29) is 11.2 Å². The quantitative estimate of drug-likeness (QED) is 0.786. The number of rotatable bonds is 7. The summed E-state index contributed by atoms with van der Waals surface area (Å²) >= 11 is 0. The highest BCUT2D eigenvalue weighted by atomic mass is 16.5. The number of aromatic carboxylic acids is 1. The van der Waals surface area contributed by atoms with Crippen LogP contribution in [0.4, 0.5) is 5.95 Å². The molecule has 1 aromatic carbocycles. The fraction of sp³-hybridized carbons (Fsp3) is 0.421. The van der Waals surface area contributed by atoms with Gasteiger partial charge in [0.25, 0.3) is 0 Å². The van der Waals surface area contributed by atoms with Gasteiger partial charge in [-0.05, 0) is 51.0 Å². The van der Waals surface area contributed by atoms with Gasteiger partial charge < -0.3 is 19.9 Å². The average Bonchev–Trinajstić information content (AvgIpc) is 3.08. The molecule has 0 spiro atoms. The third kappa shape index (κ3) is 4.11. The Hall–Kier alpha value is -2.67. The third-order valence-electron chi connectivity index (χ3n) is 4.38. The number of hydrogen-bond acceptors (Lipinski definition) is 6. The van der Waals surface area contributed by atoms with Gasteiger partial charge in [-0.2, -0.15) is 0 Å². The van der Waals surface area contributed by atoms with E-state index in [2.05, 4.69) is 22.2 Å². The molecular weight excluding hydrogens is 334 g/mol. The second kappa shape index (κ2) is 7.70. The smallest absolute Gasteiger partial charge is 0.339 e. The van der Waals surface area contributed by atoms with E-state index in [0.717, 1.165) is 19.4 Å². The van der Waals surface area contributed by atoms with Gasteiger partial charge in [0.1, 0.15) is 11.3 Å². The zero-order valence-electron chi connectivity index (χ0n) is 15.0. The van der Waals surface area contributed by atoms with Gasteiger partial charge in [0.15, 0.2) is 0 Å². The summed E-state index contributed by atoms with van der Waals surface area (Å²) in [4.78, 5) is 20.2. The fourth-order valence-corrected chi connectivity index (χ4v) is 2.98. The van der Waals surface area contributed by atoms with E-state index in [1.54, 1.807) is 30.5 Å². The summed E-state index contributed by atoms with van der Waals surface area (Å²) in [6, 6.07) is 6.77. The van der Waals surface area contributed by atoms with Gasteiger partial charge in [-0.25, -0.2) is 14.8 Å². The van der Waals surface area contributed by atoms with E-state index >= 15 is 0 Å². The lowest BCUT2D eigenvalue weighted by molar-refractivity contribution is 0.0314. The van der Waals surface area contributed by atoms with Gasteiger partial charge in [-0.1, -0.05) is 0 Å². The van der Waals surface area contributed by atoms with Gasteiger partial charge >= 0.3 is 5.97 Å². The van der Waals surface area contributed by atoms with Crippen LogP contribution in [0.15, 0.2) is 30.5 Å². The van der Waals surface area contributed by atoms with Gasteiger partial charge in [0.05, 0.1) is 17.9 Å². The molecule has 0 radical (unpaired) electrons. The highest BCUT2D eigenvalue weighted by Crippen LogP contribution is 2.27. The molecule has 2 heterocycles. The first-order valence-electron chi connectivity index (χ1n) is 8.72. The van der Waals surface area contributed by atoms with Crippen LogP contribution < -0.4 is 10.1 Å². The lowest BCUT2D eigenvalue weighted by Crippen LogP contribution is -2.33. The largest absolute Gasteiger partial charge is 0.493 e. The molecule has 1 atom stereocenters. The summed E-state index contributed by atoms with van der Waals surface area (Å²) in [5.41, 5.74) is 1.25. The number of ether oxygens (including phenoxy) is 2. The molecule has 2 N–H and O–H groups in total. The van der Waals surface area contributed by atoms with Crippen molar-refractivity contribution in [1.82, 2.24) is 9.97 Å². The molecule has 1 aliphatic rings. The van der Waals surface area contributed by atoms with E-state index in [9.17, 15) is 9.90 Å². The number of carboxylic acid groups (broad SMARTS) is 1. The van der Waals surface area contributed by atoms with Crippen LogP contribution >= 0.6 is 0 Å². The molecule has 7 nitrogen and oxygen atoms in total. The van der Waals surface area contributed by atoms with E-state index in [0.29, 0.717) is 36.1 Å². The highest BCUT2D eigenvalue weighted by Gasteiger charge is 2.29. The number of nitrogens with zero attached hydrogens (tertiary/aromatic N) is 2. The van der Waals surface area contributed by atoms with Gasteiger partial charge in [0, 0.05) is 24.9 Å². The van der Waals surface area contributed by atoms with Crippen molar-refractivity contribution in [3.05, 3.63) is 36.0 Å². The van der Waals surface area contributed by atoms with E-state index in [1.165, 1.54) is 0 Å². The number of aromatic nitrogens is 2. The molecule has 138 valence electrons. The number of carbonyl (C=O) groups is 1. The molecule has 0 saturated carbocycles. The summed E-state index contributed by atoms with van der Waals surface area (Å²) in [6.45, 7) is 5.70. The monoisotopic (exact) mass is 357 g/mol. The maximum Gasteiger partial charge on any atom is 0.339 e. The van der Waals surface area contributed by atoms with Crippen molar-refractivity contribution in [2.45, 2.75) is 32.3 Å². The topological polar surface area (TPSA) is 93.6 Å². The van der Waals surface area contributed by atoms with Crippen LogP contribution in [0, 0.1) is 0 Å². The van der Waals surface area contributed by atoms with E-state index < -0.39 is 5.97 Å². The Bertz CT molecular complexity index is 788. The van der Waals surface area contributed by atoms with Crippen molar-refractivity contribution in [1.29, 1.82) is 0 Å². The van der Waals surface area contributed by atoms with Crippen LogP contribution in [0.5, 0.6) is 5.75 Å². The lowest BCUT2D eigenvalue weighted by atomic mass is 10.0. The van der Waals surface area contributed by atoms with Crippen LogP contribution in [-0.4, -0.2) is 46.4 Å². The Morgan fingerprint density at radius 2 is 2.27 bits per heavy atom. The first kappa shape index (κ1) is 18.1. The molecule has 1 aromatic heterocycles. The molecule has 0 amide bonds. The van der Waals surface area contributed by atoms with Crippen LogP contribution in [-0.2, 0) is 4.74 Å². The SMILES string of the molecule is CCOc1ccc(-c2ccnc(NC[C@@]3(C)CCCO3)n2)cc1C(=O)O. The minimum absolute atomic E-state index is 0.115. The Labute approximate surface area is 152 Å². The molecule has 0 unspecified atom stereocenters. The van der Waals surface area contributed by atoms with Crippen molar-refractivity contribution < 1.29 is 19.4 Å². The standard InChI is InChI=1S/C19H23N3O4/c1-3-25-16-6-5-13(11-14(16)17(23)24)15-7-9-20-18(22-15)21-12-19(2)8-4-10-26-19/h5-7,9,11H,3-4,8,10,12H2,1-2H3,(H,23,24)(H,20,21,22)/t19-/m1/s1. The second-order valence-corrected chi connectivity index (χ2v) is 6.47. The molecule has 2 aromatic rings.